The van der Waals surface area contributed by atoms with Crippen molar-refractivity contribution in [3.05, 3.63) is 35.9 Å². The highest BCUT2D eigenvalue weighted by molar-refractivity contribution is 8.12. The van der Waals surface area contributed by atoms with Gasteiger partial charge in [0.2, 0.25) is 0 Å². The first-order chi connectivity index (χ1) is 7.36. The van der Waals surface area contributed by atoms with Crippen LogP contribution in [0.25, 0.3) is 0 Å². The lowest BCUT2D eigenvalue weighted by molar-refractivity contribution is -0.145. The van der Waals surface area contributed by atoms with Gasteiger partial charge in [-0.05, 0) is 5.56 Å². The van der Waals surface area contributed by atoms with Gasteiger partial charge in [0, 0.05) is 5.75 Å². The van der Waals surface area contributed by atoms with Crippen LogP contribution in [-0.4, -0.2) is 23.3 Å². The monoisotopic (exact) mass is 221 g/mol. The summed E-state index contributed by atoms with van der Waals surface area (Å²) in [7, 11) is 0. The summed E-state index contributed by atoms with van der Waals surface area (Å²) >= 11 is 1.54. The summed E-state index contributed by atoms with van der Waals surface area (Å²) in [4.78, 5) is 15.5. The van der Waals surface area contributed by atoms with Gasteiger partial charge in [0.05, 0.1) is 5.55 Å². The summed E-state index contributed by atoms with van der Waals surface area (Å²) in [6, 6.07) is 9.33. The molecular weight excluding hydrogens is 210 g/mol. The van der Waals surface area contributed by atoms with Crippen LogP contribution in [0.1, 0.15) is 5.56 Å². The Morgan fingerprint density at radius 1 is 1.47 bits per heavy atom. The van der Waals surface area contributed by atoms with Crippen LogP contribution in [0.3, 0.4) is 0 Å². The lowest BCUT2D eigenvalue weighted by Gasteiger charge is -2.07. The first-order valence-electron chi connectivity index (χ1n) is 4.70. The molecule has 1 aromatic rings. The van der Waals surface area contributed by atoms with E-state index in [9.17, 15) is 4.79 Å². The van der Waals surface area contributed by atoms with Gasteiger partial charge >= 0.3 is 5.97 Å². The summed E-state index contributed by atoms with van der Waals surface area (Å²) < 4.78 is 5.15. The number of hydrogen-bond donors (Lipinski definition) is 0. The number of benzene rings is 1. The van der Waals surface area contributed by atoms with Crippen molar-refractivity contribution >= 4 is 23.3 Å². The van der Waals surface area contributed by atoms with Gasteiger partial charge in [-0.1, -0.05) is 30.3 Å². The maximum absolute atomic E-state index is 11.5. The van der Waals surface area contributed by atoms with Gasteiger partial charge in [-0.15, -0.1) is 11.8 Å². The molecule has 0 N–H and O–H groups in total. The Morgan fingerprint density at radius 2 is 2.27 bits per heavy atom. The minimum Gasteiger partial charge on any atom is -0.459 e. The third kappa shape index (κ3) is 2.83. The highest BCUT2D eigenvalue weighted by Crippen LogP contribution is 2.13. The molecule has 0 saturated heterocycles. The number of aliphatic imine (C=N–C) groups is 1. The van der Waals surface area contributed by atoms with Gasteiger partial charge in [0.15, 0.2) is 6.04 Å². The van der Waals surface area contributed by atoms with Crippen molar-refractivity contribution in [2.45, 2.75) is 12.6 Å². The number of nitrogens with zero attached hydrogens (tertiary/aromatic N) is 1. The van der Waals surface area contributed by atoms with Crippen LogP contribution in [0.2, 0.25) is 0 Å². The highest BCUT2D eigenvalue weighted by Gasteiger charge is 2.21. The van der Waals surface area contributed by atoms with E-state index in [0.717, 1.165) is 5.56 Å². The average Bonchev–Trinajstić information content (AvgIpc) is 2.81. The van der Waals surface area contributed by atoms with Crippen molar-refractivity contribution in [3.8, 4) is 0 Å². The second-order valence-corrected chi connectivity index (χ2v) is 4.07. The van der Waals surface area contributed by atoms with Crippen molar-refractivity contribution in [2.75, 3.05) is 5.75 Å². The first-order valence-corrected chi connectivity index (χ1v) is 5.75. The third-order valence-corrected chi connectivity index (χ3v) is 2.84. The predicted molar refractivity (Wildman–Crippen MR) is 61.0 cm³/mol. The van der Waals surface area contributed by atoms with Crippen LogP contribution in [0.5, 0.6) is 0 Å². The Morgan fingerprint density at radius 3 is 2.93 bits per heavy atom. The smallest absolute Gasteiger partial charge is 0.332 e. The van der Waals surface area contributed by atoms with Gasteiger partial charge in [0.1, 0.15) is 6.61 Å². The van der Waals surface area contributed by atoms with Crippen molar-refractivity contribution in [2.24, 2.45) is 4.99 Å². The molecule has 1 aliphatic rings. The number of carbonyl (C=O) groups is 1. The van der Waals surface area contributed by atoms with Crippen LogP contribution in [0.4, 0.5) is 0 Å². The van der Waals surface area contributed by atoms with E-state index in [1.54, 1.807) is 5.55 Å². The molecule has 1 heterocycles. The van der Waals surface area contributed by atoms with Gasteiger partial charge in [-0.3, -0.25) is 4.99 Å². The van der Waals surface area contributed by atoms with Gasteiger partial charge in [-0.25, -0.2) is 4.79 Å². The molecule has 1 aliphatic heterocycles. The van der Waals surface area contributed by atoms with E-state index in [2.05, 4.69) is 4.99 Å². The molecule has 0 bridgehead atoms. The molecule has 1 aromatic carbocycles. The minimum atomic E-state index is -0.307. The first kappa shape index (κ1) is 10.2. The predicted octanol–water partition coefficient (Wildman–Crippen LogP) is 1.87. The Labute approximate surface area is 92.5 Å². The van der Waals surface area contributed by atoms with Gasteiger partial charge < -0.3 is 4.74 Å². The molecule has 1 atom stereocenters. The molecule has 0 aromatic heterocycles. The standard InChI is InChI=1S/C11H11NO2S/c13-11(10-7-15-8-12-10)14-6-9-4-2-1-3-5-9/h1-5,8,10H,6-7H2. The van der Waals surface area contributed by atoms with E-state index < -0.39 is 0 Å². The summed E-state index contributed by atoms with van der Waals surface area (Å²) in [5, 5.41) is 0. The van der Waals surface area contributed by atoms with E-state index in [4.69, 9.17) is 4.74 Å². The topological polar surface area (TPSA) is 38.7 Å². The summed E-state index contributed by atoms with van der Waals surface area (Å²) in [5.41, 5.74) is 2.70. The maximum Gasteiger partial charge on any atom is 0.332 e. The SMILES string of the molecule is O=C(OCc1ccccc1)C1CSC=N1. The quantitative estimate of drug-likeness (QED) is 0.731. The van der Waals surface area contributed by atoms with Crippen LogP contribution in [-0.2, 0) is 16.1 Å². The molecule has 3 nitrogen and oxygen atoms in total. The molecule has 0 aliphatic carbocycles. The normalized spacial score (nSPS) is 19.1. The average molecular weight is 221 g/mol. The number of hydrogen-bond acceptors (Lipinski definition) is 4. The van der Waals surface area contributed by atoms with Crippen LogP contribution < -0.4 is 0 Å². The Bertz CT molecular complexity index is 364. The van der Waals surface area contributed by atoms with E-state index in [1.807, 2.05) is 30.3 Å². The fourth-order valence-electron chi connectivity index (χ4n) is 1.25. The van der Waals surface area contributed by atoms with E-state index >= 15 is 0 Å². The maximum atomic E-state index is 11.5. The fraction of sp³-hybridized carbons (Fsp3) is 0.273. The lowest BCUT2D eigenvalue weighted by atomic mass is 10.2. The van der Waals surface area contributed by atoms with E-state index in [1.165, 1.54) is 11.8 Å². The number of thioether (sulfide) groups is 1. The lowest BCUT2D eigenvalue weighted by Crippen LogP contribution is -2.21. The second-order valence-electron chi connectivity index (χ2n) is 3.20. The zero-order valence-corrected chi connectivity index (χ0v) is 8.94. The van der Waals surface area contributed by atoms with Crippen LogP contribution in [0, 0.1) is 0 Å². The van der Waals surface area contributed by atoms with Gasteiger partial charge in [-0.2, -0.15) is 0 Å². The molecule has 0 amide bonds. The molecule has 0 spiro atoms. The highest BCUT2D eigenvalue weighted by atomic mass is 32.2. The zero-order chi connectivity index (χ0) is 10.5. The molecule has 0 radical (unpaired) electrons. The molecule has 4 heteroatoms. The number of esters is 1. The second kappa shape index (κ2) is 4.98. The van der Waals surface area contributed by atoms with Crippen LogP contribution in [0.15, 0.2) is 35.3 Å². The fourth-order valence-corrected chi connectivity index (χ4v) is 1.97. The molecule has 15 heavy (non-hydrogen) atoms. The summed E-state index contributed by atoms with van der Waals surface area (Å²) in [6.45, 7) is 0.330. The zero-order valence-electron chi connectivity index (χ0n) is 8.13. The van der Waals surface area contributed by atoms with Crippen molar-refractivity contribution in [3.63, 3.8) is 0 Å². The Kier molecular flexibility index (Phi) is 3.40. The number of ether oxygens (including phenoxy) is 1. The van der Waals surface area contributed by atoms with E-state index in [0.29, 0.717) is 12.4 Å². The summed E-state index contributed by atoms with van der Waals surface area (Å²) in [6.07, 6.45) is 0. The molecular formula is C11H11NO2S. The molecule has 2 rings (SSSR count). The van der Waals surface area contributed by atoms with E-state index in [-0.39, 0.29) is 12.0 Å². The Balaban J connectivity index is 1.83. The largest absolute Gasteiger partial charge is 0.459 e. The van der Waals surface area contributed by atoms with Crippen molar-refractivity contribution in [1.29, 1.82) is 0 Å². The molecule has 0 saturated carbocycles. The molecule has 0 fully saturated rings. The molecule has 78 valence electrons. The number of carbonyl (C=O) groups excluding carboxylic acids is 1. The van der Waals surface area contributed by atoms with Crippen molar-refractivity contribution in [1.82, 2.24) is 0 Å². The minimum absolute atomic E-state index is 0.236. The molecule has 1 unspecified atom stereocenters. The third-order valence-electron chi connectivity index (χ3n) is 2.07. The Hall–Kier alpha value is -1.29. The van der Waals surface area contributed by atoms with Crippen molar-refractivity contribution < 1.29 is 9.53 Å². The van der Waals surface area contributed by atoms with Crippen LogP contribution >= 0.6 is 11.8 Å². The van der Waals surface area contributed by atoms with Gasteiger partial charge in [0.25, 0.3) is 0 Å². The summed E-state index contributed by atoms with van der Waals surface area (Å²) in [5.74, 6) is 0.466. The number of rotatable bonds is 3.